The first-order valence-corrected chi connectivity index (χ1v) is 8.93. The minimum atomic E-state index is -0.661. The summed E-state index contributed by atoms with van der Waals surface area (Å²) in [5.74, 6) is 0.565. The number of anilines is 1. The first kappa shape index (κ1) is 19.8. The van der Waals surface area contributed by atoms with Crippen molar-refractivity contribution in [1.82, 2.24) is 0 Å². The quantitative estimate of drug-likeness (QED) is 0.573. The summed E-state index contributed by atoms with van der Waals surface area (Å²) in [5, 5.41) is 33.2. The molecule has 10 heteroatoms. The van der Waals surface area contributed by atoms with Gasteiger partial charge in [0, 0.05) is 29.6 Å². The van der Waals surface area contributed by atoms with Gasteiger partial charge in [-0.3, -0.25) is 20.2 Å². The second-order valence-corrected chi connectivity index (χ2v) is 6.92. The van der Waals surface area contributed by atoms with Crippen LogP contribution in [0.3, 0.4) is 0 Å². The molecular weight excluding hydrogens is 390 g/mol. The van der Waals surface area contributed by atoms with E-state index in [1.54, 1.807) is 29.2 Å². The Labute approximate surface area is 165 Å². The van der Waals surface area contributed by atoms with Crippen LogP contribution >= 0.6 is 11.6 Å². The molecule has 0 saturated carbocycles. The monoisotopic (exact) mass is 407 g/mol. The molecule has 0 aromatic heterocycles. The third-order valence-electron chi connectivity index (χ3n) is 4.72. The maximum Gasteiger partial charge on any atom is 0.302 e. The van der Waals surface area contributed by atoms with Gasteiger partial charge in [-0.05, 0) is 30.7 Å². The van der Waals surface area contributed by atoms with Crippen LogP contribution in [-0.2, 0) is 6.61 Å². The topological polar surface area (TPSA) is 119 Å². The van der Waals surface area contributed by atoms with Gasteiger partial charge in [0.2, 0.25) is 0 Å². The van der Waals surface area contributed by atoms with Gasteiger partial charge in [-0.15, -0.1) is 0 Å². The zero-order valence-electron chi connectivity index (χ0n) is 15.0. The van der Waals surface area contributed by atoms with E-state index in [0.29, 0.717) is 23.7 Å². The Hall–Kier alpha value is -2.91. The molecule has 0 spiro atoms. The van der Waals surface area contributed by atoms with Crippen molar-refractivity contribution in [2.45, 2.75) is 26.1 Å². The highest BCUT2D eigenvalue weighted by Crippen LogP contribution is 2.43. The van der Waals surface area contributed by atoms with E-state index in [0.717, 1.165) is 0 Å². The standard InChI is InChI=1S/C18H18ClN3O6/c1-11-12(10-23)7-16(21(24)25)18(17(11)22(26)27)20-6-5-15(9-20)28-14-4-2-3-13(19)8-14/h2-4,7-8,15,23H,5-6,9-10H2,1H3. The molecule has 1 saturated heterocycles. The third kappa shape index (κ3) is 3.85. The lowest BCUT2D eigenvalue weighted by molar-refractivity contribution is -0.393. The molecule has 1 unspecified atom stereocenters. The van der Waals surface area contributed by atoms with E-state index in [2.05, 4.69) is 0 Å². The van der Waals surface area contributed by atoms with Gasteiger partial charge >= 0.3 is 5.69 Å². The summed E-state index contributed by atoms with van der Waals surface area (Å²) in [6.07, 6.45) is 0.247. The molecule has 1 aliphatic rings. The van der Waals surface area contributed by atoms with Crippen LogP contribution in [0, 0.1) is 27.2 Å². The van der Waals surface area contributed by atoms with Crippen LogP contribution in [0.15, 0.2) is 30.3 Å². The summed E-state index contributed by atoms with van der Waals surface area (Å²) < 4.78 is 5.88. The van der Waals surface area contributed by atoms with E-state index in [1.807, 2.05) is 0 Å². The predicted octanol–water partition coefficient (Wildman–Crippen LogP) is 3.61. The molecular formula is C18H18ClN3O6. The van der Waals surface area contributed by atoms with Gasteiger partial charge in [-0.25, -0.2) is 0 Å². The predicted molar refractivity (Wildman–Crippen MR) is 103 cm³/mol. The average molecular weight is 408 g/mol. The maximum atomic E-state index is 11.7. The lowest BCUT2D eigenvalue weighted by atomic mass is 10.0. The van der Waals surface area contributed by atoms with Crippen LogP contribution in [-0.4, -0.2) is 34.1 Å². The van der Waals surface area contributed by atoms with Crippen LogP contribution in [0.1, 0.15) is 17.5 Å². The number of nitro benzene ring substituents is 2. The molecule has 28 heavy (non-hydrogen) atoms. The second-order valence-electron chi connectivity index (χ2n) is 6.48. The fourth-order valence-electron chi connectivity index (χ4n) is 3.39. The van der Waals surface area contributed by atoms with Crippen molar-refractivity contribution in [2.75, 3.05) is 18.0 Å². The van der Waals surface area contributed by atoms with E-state index in [1.165, 1.54) is 13.0 Å². The Morgan fingerprint density at radius 3 is 2.64 bits per heavy atom. The van der Waals surface area contributed by atoms with Gasteiger partial charge in [0.1, 0.15) is 11.9 Å². The van der Waals surface area contributed by atoms with Crippen molar-refractivity contribution in [3.63, 3.8) is 0 Å². The lowest BCUT2D eigenvalue weighted by Gasteiger charge is -2.20. The molecule has 2 aromatic rings. The summed E-state index contributed by atoms with van der Waals surface area (Å²) in [5.41, 5.74) is -0.436. The number of benzene rings is 2. The molecule has 0 amide bonds. The van der Waals surface area contributed by atoms with Crippen molar-refractivity contribution in [2.24, 2.45) is 0 Å². The van der Waals surface area contributed by atoms with E-state index < -0.39 is 22.1 Å². The smallest absolute Gasteiger partial charge is 0.302 e. The molecule has 0 radical (unpaired) electrons. The molecule has 3 rings (SSSR count). The molecule has 1 fully saturated rings. The van der Waals surface area contributed by atoms with Crippen molar-refractivity contribution < 1.29 is 19.7 Å². The van der Waals surface area contributed by atoms with Crippen molar-refractivity contribution in [3.8, 4) is 5.75 Å². The van der Waals surface area contributed by atoms with Gasteiger partial charge < -0.3 is 14.7 Å². The SMILES string of the molecule is Cc1c(CO)cc([N+](=O)[O-])c(N2CCC(Oc3cccc(Cl)c3)C2)c1[N+](=O)[O-]. The number of rotatable bonds is 6. The average Bonchev–Trinajstić information content (AvgIpc) is 3.08. The molecule has 9 nitrogen and oxygen atoms in total. The Morgan fingerprint density at radius 2 is 2.04 bits per heavy atom. The Balaban J connectivity index is 1.96. The van der Waals surface area contributed by atoms with Crippen LogP contribution < -0.4 is 9.64 Å². The zero-order chi connectivity index (χ0) is 20.4. The molecule has 0 bridgehead atoms. The molecule has 1 aliphatic heterocycles. The normalized spacial score (nSPS) is 16.2. The molecule has 148 valence electrons. The largest absolute Gasteiger partial charge is 0.488 e. The Bertz CT molecular complexity index is 936. The van der Waals surface area contributed by atoms with Gasteiger partial charge in [0.15, 0.2) is 5.69 Å². The number of hydrogen-bond donors (Lipinski definition) is 1. The minimum absolute atomic E-state index is 0.0538. The third-order valence-corrected chi connectivity index (χ3v) is 4.96. The summed E-state index contributed by atoms with van der Waals surface area (Å²) in [4.78, 5) is 23.6. The summed E-state index contributed by atoms with van der Waals surface area (Å²) in [6, 6.07) is 8.07. The van der Waals surface area contributed by atoms with Gasteiger partial charge in [-0.2, -0.15) is 0 Å². The summed E-state index contributed by atoms with van der Waals surface area (Å²) in [6.45, 7) is 1.58. The Kier molecular flexibility index (Phi) is 5.66. The number of nitro groups is 2. The highest BCUT2D eigenvalue weighted by molar-refractivity contribution is 6.30. The first-order valence-electron chi connectivity index (χ1n) is 8.55. The number of halogens is 1. The van der Waals surface area contributed by atoms with Crippen LogP contribution in [0.5, 0.6) is 5.75 Å². The van der Waals surface area contributed by atoms with Gasteiger partial charge in [-0.1, -0.05) is 17.7 Å². The lowest BCUT2D eigenvalue weighted by Crippen LogP contribution is -2.26. The van der Waals surface area contributed by atoms with E-state index in [9.17, 15) is 25.3 Å². The molecule has 2 aromatic carbocycles. The summed E-state index contributed by atoms with van der Waals surface area (Å²) >= 11 is 5.95. The molecule has 1 N–H and O–H groups in total. The highest BCUT2D eigenvalue weighted by atomic mass is 35.5. The fraction of sp³-hybridized carbons (Fsp3) is 0.333. The fourth-order valence-corrected chi connectivity index (χ4v) is 3.57. The van der Waals surface area contributed by atoms with Crippen molar-refractivity contribution >= 4 is 28.7 Å². The number of ether oxygens (including phenoxy) is 1. The molecule has 1 atom stereocenters. The van der Waals surface area contributed by atoms with Gasteiger partial charge in [0.05, 0.1) is 23.0 Å². The zero-order valence-corrected chi connectivity index (χ0v) is 15.8. The number of nitrogens with zero attached hydrogens (tertiary/aromatic N) is 3. The number of hydrogen-bond acceptors (Lipinski definition) is 7. The minimum Gasteiger partial charge on any atom is -0.488 e. The van der Waals surface area contributed by atoms with Crippen LogP contribution in [0.4, 0.5) is 17.1 Å². The first-order chi connectivity index (χ1) is 13.3. The van der Waals surface area contributed by atoms with Crippen molar-refractivity contribution in [1.29, 1.82) is 0 Å². The highest BCUT2D eigenvalue weighted by Gasteiger charge is 2.37. The summed E-state index contributed by atoms with van der Waals surface area (Å²) in [7, 11) is 0. The Morgan fingerprint density at radius 1 is 1.29 bits per heavy atom. The number of aliphatic hydroxyl groups excluding tert-OH is 1. The van der Waals surface area contributed by atoms with Gasteiger partial charge in [0.25, 0.3) is 5.69 Å². The van der Waals surface area contributed by atoms with Crippen LogP contribution in [0.25, 0.3) is 0 Å². The second kappa shape index (κ2) is 7.99. The van der Waals surface area contributed by atoms with Crippen LogP contribution in [0.2, 0.25) is 5.02 Å². The van der Waals surface area contributed by atoms with Crippen molar-refractivity contribution in [3.05, 3.63) is 66.7 Å². The molecule has 0 aliphatic carbocycles. The van der Waals surface area contributed by atoms with E-state index in [-0.39, 0.29) is 35.2 Å². The maximum absolute atomic E-state index is 11.7. The molecule has 1 heterocycles. The number of aliphatic hydroxyl groups is 1. The van der Waals surface area contributed by atoms with E-state index in [4.69, 9.17) is 16.3 Å². The van der Waals surface area contributed by atoms with E-state index >= 15 is 0 Å².